The van der Waals surface area contributed by atoms with Crippen molar-refractivity contribution in [3.05, 3.63) is 252 Å². The molecule has 0 amide bonds. The average molecular weight is 813 g/mol. The molecule has 0 saturated carbocycles. The number of aryl methyl sites for hydroxylation is 1. The number of hydrogen-bond acceptors (Lipinski definition) is 4. The van der Waals surface area contributed by atoms with Crippen LogP contribution in [0.3, 0.4) is 0 Å². The summed E-state index contributed by atoms with van der Waals surface area (Å²) >= 11 is 0. The number of benzene rings is 8. The zero-order valence-corrected chi connectivity index (χ0v) is 36.2. The fourth-order valence-corrected chi connectivity index (χ4v) is 7.46. The minimum Gasteiger partial charge on any atom is -0.385 e. The molecule has 0 fully saturated rings. The Bertz CT molecular complexity index is 2260. The second-order valence-corrected chi connectivity index (χ2v) is 16.2. The zero-order valence-electron chi connectivity index (χ0n) is 36.2. The van der Waals surface area contributed by atoms with E-state index in [9.17, 15) is 0 Å². The molecule has 62 heavy (non-hydrogen) atoms. The first-order valence-electron chi connectivity index (χ1n) is 22.1. The van der Waals surface area contributed by atoms with Crippen molar-refractivity contribution in [2.75, 3.05) is 27.8 Å². The molecule has 0 bridgehead atoms. The summed E-state index contributed by atoms with van der Waals surface area (Å²) in [6.07, 6.45) is 5.19. The van der Waals surface area contributed by atoms with Crippen LogP contribution in [0.4, 0.5) is 34.1 Å². The van der Waals surface area contributed by atoms with Crippen molar-refractivity contribution in [3.63, 3.8) is 0 Å². The van der Waals surface area contributed by atoms with Gasteiger partial charge in [0.2, 0.25) is 0 Å². The maximum atomic E-state index is 3.68. The molecule has 8 rings (SSSR count). The van der Waals surface area contributed by atoms with Crippen molar-refractivity contribution in [2.45, 2.75) is 52.0 Å². The van der Waals surface area contributed by atoms with Crippen LogP contribution in [0, 0.1) is 5.92 Å². The summed E-state index contributed by atoms with van der Waals surface area (Å²) in [5, 5.41) is 14.1. The number of hydrogen-bond donors (Lipinski definition) is 4. The van der Waals surface area contributed by atoms with Crippen LogP contribution < -0.4 is 21.3 Å². The highest BCUT2D eigenvalue weighted by atomic mass is 14.9. The van der Waals surface area contributed by atoms with Crippen LogP contribution in [-0.2, 0) is 25.7 Å². The quantitative estimate of drug-likeness (QED) is 0.0652. The molecule has 4 heteroatoms. The Labute approximate surface area is 370 Å². The Kier molecular flexibility index (Phi) is 16.0. The number of para-hydroxylation sites is 2. The van der Waals surface area contributed by atoms with E-state index in [1.165, 1.54) is 44.8 Å². The monoisotopic (exact) mass is 812 g/mol. The molecule has 0 aromatic heterocycles. The summed E-state index contributed by atoms with van der Waals surface area (Å²) in [7, 11) is 0. The molecule has 0 heterocycles. The maximum Gasteiger partial charge on any atom is 0.0384 e. The van der Waals surface area contributed by atoms with Gasteiger partial charge in [0, 0.05) is 46.7 Å². The Morgan fingerprint density at radius 3 is 1.16 bits per heavy atom. The lowest BCUT2D eigenvalue weighted by Gasteiger charge is -2.23. The summed E-state index contributed by atoms with van der Waals surface area (Å²) in [6.45, 7) is 5.56. The van der Waals surface area contributed by atoms with Crippen molar-refractivity contribution in [1.82, 2.24) is 0 Å². The molecule has 8 aromatic rings. The third-order valence-electron chi connectivity index (χ3n) is 11.2. The van der Waals surface area contributed by atoms with Crippen molar-refractivity contribution >= 4 is 34.1 Å². The van der Waals surface area contributed by atoms with Gasteiger partial charge in [-0.05, 0) is 151 Å². The molecule has 312 valence electrons. The van der Waals surface area contributed by atoms with E-state index in [1.807, 2.05) is 36.4 Å². The Hall–Kier alpha value is -7.04. The highest BCUT2D eigenvalue weighted by Gasteiger charge is 2.13. The van der Waals surface area contributed by atoms with Gasteiger partial charge in [-0.15, -0.1) is 0 Å². The Balaban J connectivity index is 0.000000187. The summed E-state index contributed by atoms with van der Waals surface area (Å²) in [4.78, 5) is 0. The SMILES string of the molecule is CC(Cc1ccc(Nc2ccccc2)cc1)C(C)Nc1ccc(Cc2ccccc2)cc1.c1ccc(Cc2ccc(NCCCc3ccc(Nc4ccccc4)cc3)cc2)cc1. The molecule has 0 aliphatic rings. The molecule has 0 saturated heterocycles. The van der Waals surface area contributed by atoms with Crippen LogP contribution >= 0.6 is 0 Å². The third-order valence-corrected chi connectivity index (χ3v) is 11.2. The van der Waals surface area contributed by atoms with Crippen LogP contribution in [0.15, 0.2) is 218 Å². The van der Waals surface area contributed by atoms with Gasteiger partial charge in [0.15, 0.2) is 0 Å². The second-order valence-electron chi connectivity index (χ2n) is 16.2. The summed E-state index contributed by atoms with van der Waals surface area (Å²) < 4.78 is 0. The molecule has 2 unspecified atom stereocenters. The fourth-order valence-electron chi connectivity index (χ4n) is 7.46. The van der Waals surface area contributed by atoms with Gasteiger partial charge >= 0.3 is 0 Å². The largest absolute Gasteiger partial charge is 0.385 e. The lowest BCUT2D eigenvalue weighted by molar-refractivity contribution is 0.507. The van der Waals surface area contributed by atoms with Gasteiger partial charge in [-0.25, -0.2) is 0 Å². The predicted octanol–water partition coefficient (Wildman–Crippen LogP) is 14.8. The highest BCUT2D eigenvalue weighted by molar-refractivity contribution is 5.60. The molecule has 4 nitrogen and oxygen atoms in total. The number of nitrogens with one attached hydrogen (secondary N) is 4. The normalized spacial score (nSPS) is 11.6. The minimum atomic E-state index is 0.386. The van der Waals surface area contributed by atoms with Gasteiger partial charge in [-0.2, -0.15) is 0 Å². The van der Waals surface area contributed by atoms with Gasteiger partial charge in [-0.3, -0.25) is 0 Å². The number of rotatable bonds is 18. The fraction of sp³-hybridized carbons (Fsp3) is 0.172. The van der Waals surface area contributed by atoms with Crippen LogP contribution in [0.25, 0.3) is 0 Å². The molecule has 0 spiro atoms. The van der Waals surface area contributed by atoms with Crippen LogP contribution in [0.2, 0.25) is 0 Å². The topological polar surface area (TPSA) is 48.1 Å². The van der Waals surface area contributed by atoms with Crippen LogP contribution in [-0.4, -0.2) is 12.6 Å². The standard InChI is InChI=1S/C30H32N2.C28H28N2/c1-23(21-26-13-19-30(20-14-26)32-28-11-7-4-8-12-28)24(2)31-29-17-15-27(16-18-29)22-25-9-5-3-6-10-25;1-3-8-24(9-4-1)22-25-15-17-26(18-16-25)29-21-7-10-23-13-19-28(20-14-23)30-27-11-5-2-6-12-27/h3-20,23-24,31-32H,21-22H2,1-2H3;1-6,8-9,11-20,29-30H,7,10,21-22H2. The van der Waals surface area contributed by atoms with Crippen LogP contribution in [0.1, 0.15) is 53.6 Å². The van der Waals surface area contributed by atoms with Crippen molar-refractivity contribution in [1.29, 1.82) is 0 Å². The molecular formula is C58H60N4. The molecule has 0 aliphatic heterocycles. The molecule has 4 N–H and O–H groups in total. The number of anilines is 6. The molecule has 2 atom stereocenters. The van der Waals surface area contributed by atoms with Gasteiger partial charge in [0.1, 0.15) is 0 Å². The first kappa shape index (κ1) is 43.1. The van der Waals surface area contributed by atoms with E-state index in [-0.39, 0.29) is 0 Å². The van der Waals surface area contributed by atoms with Crippen molar-refractivity contribution in [2.24, 2.45) is 5.92 Å². The van der Waals surface area contributed by atoms with E-state index in [0.29, 0.717) is 12.0 Å². The summed E-state index contributed by atoms with van der Waals surface area (Å²) in [6, 6.07) is 77.3. The van der Waals surface area contributed by atoms with E-state index in [1.54, 1.807) is 0 Å². The zero-order chi connectivity index (χ0) is 42.6. The van der Waals surface area contributed by atoms with E-state index in [0.717, 1.165) is 61.4 Å². The van der Waals surface area contributed by atoms with Gasteiger partial charge in [0.25, 0.3) is 0 Å². The van der Waals surface area contributed by atoms with Gasteiger partial charge in [-0.1, -0.05) is 153 Å². The van der Waals surface area contributed by atoms with E-state index < -0.39 is 0 Å². The predicted molar refractivity (Wildman–Crippen MR) is 266 cm³/mol. The molecule has 0 aliphatic carbocycles. The summed E-state index contributed by atoms with van der Waals surface area (Å²) in [5.74, 6) is 0.520. The average Bonchev–Trinajstić information content (AvgIpc) is 3.32. The smallest absolute Gasteiger partial charge is 0.0384 e. The van der Waals surface area contributed by atoms with Gasteiger partial charge in [0.05, 0.1) is 0 Å². The highest BCUT2D eigenvalue weighted by Crippen LogP contribution is 2.22. The lowest BCUT2D eigenvalue weighted by Crippen LogP contribution is -2.25. The Morgan fingerprint density at radius 1 is 0.339 bits per heavy atom. The van der Waals surface area contributed by atoms with Crippen molar-refractivity contribution < 1.29 is 0 Å². The lowest BCUT2D eigenvalue weighted by atomic mass is 9.94. The van der Waals surface area contributed by atoms with Crippen LogP contribution in [0.5, 0.6) is 0 Å². The Morgan fingerprint density at radius 2 is 0.694 bits per heavy atom. The summed E-state index contributed by atoms with van der Waals surface area (Å²) in [5.41, 5.74) is 15.0. The van der Waals surface area contributed by atoms with E-state index in [4.69, 9.17) is 0 Å². The van der Waals surface area contributed by atoms with E-state index in [2.05, 4.69) is 217 Å². The first-order chi connectivity index (χ1) is 30.5. The third kappa shape index (κ3) is 14.3. The minimum absolute atomic E-state index is 0.386. The molecular weight excluding hydrogens is 753 g/mol. The van der Waals surface area contributed by atoms with Crippen molar-refractivity contribution in [3.8, 4) is 0 Å². The first-order valence-corrected chi connectivity index (χ1v) is 22.1. The molecule has 8 aromatic carbocycles. The van der Waals surface area contributed by atoms with Gasteiger partial charge < -0.3 is 21.3 Å². The maximum absolute atomic E-state index is 3.68. The molecule has 0 radical (unpaired) electrons. The van der Waals surface area contributed by atoms with E-state index >= 15 is 0 Å². The second kappa shape index (κ2) is 23.1.